The van der Waals surface area contributed by atoms with E-state index in [-0.39, 0.29) is 30.6 Å². The largest absolute Gasteiger partial charge is 0.418 e. The van der Waals surface area contributed by atoms with Gasteiger partial charge in [-0.2, -0.15) is 13.2 Å². The van der Waals surface area contributed by atoms with Gasteiger partial charge in [0.1, 0.15) is 6.54 Å². The van der Waals surface area contributed by atoms with Crippen LogP contribution in [0.3, 0.4) is 0 Å². The van der Waals surface area contributed by atoms with Gasteiger partial charge in [-0.1, -0.05) is 12.1 Å². The van der Waals surface area contributed by atoms with Gasteiger partial charge in [-0.25, -0.2) is 0 Å². The number of carbonyl (C=O) groups excluding carboxylic acids is 3. The van der Waals surface area contributed by atoms with Crippen LogP contribution in [0.4, 0.5) is 18.9 Å². The van der Waals surface area contributed by atoms with Crippen molar-refractivity contribution in [1.29, 1.82) is 0 Å². The Kier molecular flexibility index (Phi) is 6.68. The molecule has 2 saturated heterocycles. The van der Waals surface area contributed by atoms with Gasteiger partial charge < -0.3 is 15.1 Å². The van der Waals surface area contributed by atoms with Crippen molar-refractivity contribution < 1.29 is 27.6 Å². The SMILES string of the molecule is O=C(CN1CCN(C(=O)CN2CSCC2=O)CC1)Nc1ccccc1C(F)(F)F. The van der Waals surface area contributed by atoms with Gasteiger partial charge in [-0.15, -0.1) is 11.8 Å². The van der Waals surface area contributed by atoms with E-state index in [1.165, 1.54) is 34.9 Å². The summed E-state index contributed by atoms with van der Waals surface area (Å²) in [6.45, 7) is 1.67. The maximum absolute atomic E-state index is 13.0. The van der Waals surface area contributed by atoms with Crippen LogP contribution in [0.1, 0.15) is 5.56 Å². The highest BCUT2D eigenvalue weighted by Crippen LogP contribution is 2.34. The highest BCUT2D eigenvalue weighted by molar-refractivity contribution is 8.00. The molecule has 2 aliphatic rings. The fourth-order valence-electron chi connectivity index (χ4n) is 3.19. The number of hydrogen-bond acceptors (Lipinski definition) is 5. The number of thioether (sulfide) groups is 1. The van der Waals surface area contributed by atoms with Crippen LogP contribution >= 0.6 is 11.8 Å². The molecule has 1 aromatic carbocycles. The van der Waals surface area contributed by atoms with Gasteiger partial charge >= 0.3 is 6.18 Å². The van der Waals surface area contributed by atoms with E-state index in [9.17, 15) is 27.6 Å². The monoisotopic (exact) mass is 430 g/mol. The molecule has 3 rings (SSSR count). The number of nitrogens with zero attached hydrogens (tertiary/aromatic N) is 3. The van der Waals surface area contributed by atoms with Crippen molar-refractivity contribution in [3.8, 4) is 0 Å². The van der Waals surface area contributed by atoms with Crippen molar-refractivity contribution in [2.45, 2.75) is 6.18 Å². The first-order valence-corrected chi connectivity index (χ1v) is 10.2. The normalized spacial score (nSPS) is 18.2. The summed E-state index contributed by atoms with van der Waals surface area (Å²) in [4.78, 5) is 41.1. The molecule has 0 aromatic heterocycles. The summed E-state index contributed by atoms with van der Waals surface area (Å²) in [6, 6.07) is 4.83. The number of anilines is 1. The number of para-hydroxylation sites is 1. The highest BCUT2D eigenvalue weighted by atomic mass is 32.2. The molecule has 0 unspecified atom stereocenters. The second-order valence-corrected chi connectivity index (χ2v) is 7.77. The lowest BCUT2D eigenvalue weighted by molar-refractivity contribution is -0.139. The summed E-state index contributed by atoms with van der Waals surface area (Å²) in [6.07, 6.45) is -4.55. The number of piperazine rings is 1. The molecule has 0 spiro atoms. The Bertz CT molecular complexity index is 782. The van der Waals surface area contributed by atoms with Crippen LogP contribution in [0.2, 0.25) is 0 Å². The van der Waals surface area contributed by atoms with E-state index < -0.39 is 17.6 Å². The number of rotatable bonds is 5. The van der Waals surface area contributed by atoms with Crippen LogP contribution in [0.5, 0.6) is 0 Å². The molecule has 2 fully saturated rings. The van der Waals surface area contributed by atoms with E-state index in [1.807, 2.05) is 0 Å². The summed E-state index contributed by atoms with van der Waals surface area (Å²) >= 11 is 1.47. The summed E-state index contributed by atoms with van der Waals surface area (Å²) < 4.78 is 39.1. The standard InChI is InChI=1S/C18H21F3N4O3S/c19-18(20,21)13-3-1-2-4-14(13)22-15(26)9-23-5-7-24(8-6-23)16(27)10-25-12-29-11-17(25)28/h1-4H,5-12H2,(H,22,26). The molecule has 29 heavy (non-hydrogen) atoms. The van der Waals surface area contributed by atoms with Crippen LogP contribution < -0.4 is 5.32 Å². The average molecular weight is 430 g/mol. The fraction of sp³-hybridized carbons (Fsp3) is 0.500. The van der Waals surface area contributed by atoms with Crippen molar-refractivity contribution >= 4 is 35.2 Å². The van der Waals surface area contributed by atoms with Gasteiger partial charge in [0.05, 0.1) is 29.4 Å². The molecule has 2 aliphatic heterocycles. The lowest BCUT2D eigenvalue weighted by Gasteiger charge is -2.35. The summed E-state index contributed by atoms with van der Waals surface area (Å²) in [5.41, 5.74) is -1.16. The van der Waals surface area contributed by atoms with Crippen molar-refractivity contribution in [3.63, 3.8) is 0 Å². The molecule has 2 heterocycles. The van der Waals surface area contributed by atoms with Crippen LogP contribution in [-0.2, 0) is 20.6 Å². The molecule has 1 N–H and O–H groups in total. The van der Waals surface area contributed by atoms with E-state index in [2.05, 4.69) is 5.32 Å². The molecule has 0 bridgehead atoms. The number of amides is 3. The molecule has 158 valence electrons. The van der Waals surface area contributed by atoms with E-state index in [1.54, 1.807) is 9.80 Å². The Balaban J connectivity index is 1.47. The fourth-order valence-corrected chi connectivity index (χ4v) is 4.10. The first-order valence-electron chi connectivity index (χ1n) is 9.06. The minimum atomic E-state index is -4.55. The van der Waals surface area contributed by atoms with Crippen molar-refractivity contribution in [1.82, 2.24) is 14.7 Å². The Labute approximate surface area is 170 Å². The molecular formula is C18H21F3N4O3S. The number of nitrogens with one attached hydrogen (secondary N) is 1. The van der Waals surface area contributed by atoms with E-state index in [0.29, 0.717) is 37.8 Å². The Hall–Kier alpha value is -2.27. The Morgan fingerprint density at radius 3 is 2.38 bits per heavy atom. The second kappa shape index (κ2) is 9.04. The number of benzene rings is 1. The number of alkyl halides is 3. The maximum Gasteiger partial charge on any atom is 0.418 e. The minimum absolute atomic E-state index is 0.0437. The molecule has 0 atom stereocenters. The van der Waals surface area contributed by atoms with E-state index >= 15 is 0 Å². The molecule has 3 amide bonds. The highest BCUT2D eigenvalue weighted by Gasteiger charge is 2.34. The summed E-state index contributed by atoms with van der Waals surface area (Å²) in [5, 5.41) is 2.32. The van der Waals surface area contributed by atoms with Crippen molar-refractivity contribution in [3.05, 3.63) is 29.8 Å². The third-order valence-electron chi connectivity index (χ3n) is 4.75. The molecule has 1 aromatic rings. The van der Waals surface area contributed by atoms with Gasteiger partial charge in [0.25, 0.3) is 0 Å². The third kappa shape index (κ3) is 5.63. The predicted molar refractivity (Wildman–Crippen MR) is 102 cm³/mol. The zero-order valence-electron chi connectivity index (χ0n) is 15.6. The molecular weight excluding hydrogens is 409 g/mol. The molecule has 0 radical (unpaired) electrons. The van der Waals surface area contributed by atoms with Crippen LogP contribution in [0.15, 0.2) is 24.3 Å². The van der Waals surface area contributed by atoms with Gasteiger partial charge in [-0.05, 0) is 12.1 Å². The molecule has 7 nitrogen and oxygen atoms in total. The minimum Gasteiger partial charge on any atom is -0.339 e. The van der Waals surface area contributed by atoms with Crippen LogP contribution in [-0.4, -0.2) is 83.3 Å². The number of hydrogen-bond donors (Lipinski definition) is 1. The lowest BCUT2D eigenvalue weighted by atomic mass is 10.1. The van der Waals surface area contributed by atoms with Crippen molar-refractivity contribution in [2.75, 3.05) is 56.2 Å². The van der Waals surface area contributed by atoms with Gasteiger partial charge in [-0.3, -0.25) is 19.3 Å². The quantitative estimate of drug-likeness (QED) is 0.763. The topological polar surface area (TPSA) is 73.0 Å². The maximum atomic E-state index is 13.0. The predicted octanol–water partition coefficient (Wildman–Crippen LogP) is 1.32. The van der Waals surface area contributed by atoms with Crippen LogP contribution in [0.25, 0.3) is 0 Å². The second-order valence-electron chi connectivity index (χ2n) is 6.82. The van der Waals surface area contributed by atoms with Gasteiger partial charge in [0, 0.05) is 26.2 Å². The molecule has 0 saturated carbocycles. The van der Waals surface area contributed by atoms with Crippen LogP contribution in [0, 0.1) is 0 Å². The first kappa shape index (κ1) is 21.4. The summed E-state index contributed by atoms with van der Waals surface area (Å²) in [5.74, 6) is 0.195. The Morgan fingerprint density at radius 2 is 1.76 bits per heavy atom. The first-order chi connectivity index (χ1) is 13.7. The smallest absolute Gasteiger partial charge is 0.339 e. The van der Waals surface area contributed by atoms with Crippen molar-refractivity contribution in [2.24, 2.45) is 0 Å². The zero-order valence-corrected chi connectivity index (χ0v) is 16.4. The molecule has 11 heteroatoms. The lowest BCUT2D eigenvalue weighted by Crippen LogP contribution is -2.52. The number of carbonyl (C=O) groups is 3. The summed E-state index contributed by atoms with van der Waals surface area (Å²) in [7, 11) is 0. The molecule has 0 aliphatic carbocycles. The van der Waals surface area contributed by atoms with Gasteiger partial charge in [0.2, 0.25) is 17.7 Å². The van der Waals surface area contributed by atoms with E-state index in [0.717, 1.165) is 6.07 Å². The third-order valence-corrected chi connectivity index (χ3v) is 5.70. The van der Waals surface area contributed by atoms with Gasteiger partial charge in [0.15, 0.2) is 0 Å². The Morgan fingerprint density at radius 1 is 1.07 bits per heavy atom. The van der Waals surface area contributed by atoms with E-state index in [4.69, 9.17) is 0 Å². The average Bonchev–Trinajstić information content (AvgIpc) is 3.06. The zero-order chi connectivity index (χ0) is 21.0. The number of halogens is 3.